The molecule has 0 bridgehead atoms. The SMILES string of the molecule is C=C1CNCC(CC(=O)OCC)N1C=C(C)C. The van der Waals surface area contributed by atoms with Crippen molar-refractivity contribution in [1.82, 2.24) is 10.2 Å². The van der Waals surface area contributed by atoms with Crippen LogP contribution < -0.4 is 5.32 Å². The molecule has 4 nitrogen and oxygen atoms in total. The second-order valence-electron chi connectivity index (χ2n) is 4.47. The van der Waals surface area contributed by atoms with Gasteiger partial charge in [0.25, 0.3) is 0 Å². The molecule has 0 radical (unpaired) electrons. The van der Waals surface area contributed by atoms with Gasteiger partial charge in [0, 0.05) is 25.0 Å². The summed E-state index contributed by atoms with van der Waals surface area (Å²) in [4.78, 5) is 13.6. The number of esters is 1. The number of nitrogens with one attached hydrogen (secondary N) is 1. The van der Waals surface area contributed by atoms with Crippen molar-refractivity contribution in [3.63, 3.8) is 0 Å². The van der Waals surface area contributed by atoms with Crippen molar-refractivity contribution in [2.75, 3.05) is 19.7 Å². The van der Waals surface area contributed by atoms with Gasteiger partial charge in [-0.05, 0) is 20.8 Å². The Morgan fingerprint density at radius 1 is 1.65 bits per heavy atom. The fourth-order valence-corrected chi connectivity index (χ4v) is 1.89. The van der Waals surface area contributed by atoms with Gasteiger partial charge in [-0.2, -0.15) is 0 Å². The summed E-state index contributed by atoms with van der Waals surface area (Å²) in [5.41, 5.74) is 2.19. The molecule has 96 valence electrons. The molecule has 1 rings (SSSR count). The molecular weight excluding hydrogens is 216 g/mol. The highest BCUT2D eigenvalue weighted by Gasteiger charge is 2.25. The van der Waals surface area contributed by atoms with Crippen LogP contribution in [0.4, 0.5) is 0 Å². The van der Waals surface area contributed by atoms with E-state index in [-0.39, 0.29) is 12.0 Å². The number of allylic oxidation sites excluding steroid dienone is 1. The first-order valence-electron chi connectivity index (χ1n) is 6.02. The Hall–Kier alpha value is -1.29. The Bertz CT molecular complexity index is 319. The molecule has 1 unspecified atom stereocenters. The van der Waals surface area contributed by atoms with Gasteiger partial charge >= 0.3 is 5.97 Å². The second-order valence-corrected chi connectivity index (χ2v) is 4.47. The number of ether oxygens (including phenoxy) is 1. The normalized spacial score (nSPS) is 20.1. The average Bonchev–Trinajstić information content (AvgIpc) is 2.23. The standard InChI is InChI=1S/C13H22N2O2/c1-5-17-13(16)6-12-8-14-7-11(4)15(12)9-10(2)3/h9,12,14H,4-8H2,1-3H3. The quantitative estimate of drug-likeness (QED) is 0.756. The Morgan fingerprint density at radius 2 is 2.35 bits per heavy atom. The van der Waals surface area contributed by atoms with E-state index in [1.165, 1.54) is 5.57 Å². The van der Waals surface area contributed by atoms with Crippen molar-refractivity contribution >= 4 is 5.97 Å². The van der Waals surface area contributed by atoms with Crippen LogP contribution in [0.25, 0.3) is 0 Å². The van der Waals surface area contributed by atoms with Gasteiger partial charge in [0.15, 0.2) is 0 Å². The maximum atomic E-state index is 11.5. The first-order valence-corrected chi connectivity index (χ1v) is 6.02. The second kappa shape index (κ2) is 6.45. The summed E-state index contributed by atoms with van der Waals surface area (Å²) >= 11 is 0. The summed E-state index contributed by atoms with van der Waals surface area (Å²) in [6.07, 6.45) is 2.44. The highest BCUT2D eigenvalue weighted by Crippen LogP contribution is 2.17. The molecule has 0 aromatic heterocycles. The lowest BCUT2D eigenvalue weighted by molar-refractivity contribution is -0.144. The average molecular weight is 238 g/mol. The smallest absolute Gasteiger partial charge is 0.307 e. The molecule has 17 heavy (non-hydrogen) atoms. The lowest BCUT2D eigenvalue weighted by Crippen LogP contribution is -2.48. The number of hydrogen-bond donors (Lipinski definition) is 1. The lowest BCUT2D eigenvalue weighted by Gasteiger charge is -2.37. The van der Waals surface area contributed by atoms with Crippen LogP contribution in [0.5, 0.6) is 0 Å². The minimum Gasteiger partial charge on any atom is -0.466 e. The van der Waals surface area contributed by atoms with Gasteiger partial charge in [-0.25, -0.2) is 0 Å². The summed E-state index contributed by atoms with van der Waals surface area (Å²) in [5, 5.41) is 3.26. The maximum Gasteiger partial charge on any atom is 0.307 e. The number of nitrogens with zero attached hydrogens (tertiary/aromatic N) is 1. The molecule has 1 N–H and O–H groups in total. The molecule has 4 heteroatoms. The largest absolute Gasteiger partial charge is 0.466 e. The Balaban J connectivity index is 2.69. The van der Waals surface area contributed by atoms with Crippen LogP contribution in [0.3, 0.4) is 0 Å². The minimum atomic E-state index is -0.152. The fourth-order valence-electron chi connectivity index (χ4n) is 1.89. The lowest BCUT2D eigenvalue weighted by atomic mass is 10.1. The molecule has 0 aliphatic carbocycles. The number of carbonyl (C=O) groups excluding carboxylic acids is 1. The fraction of sp³-hybridized carbons (Fsp3) is 0.615. The zero-order valence-electron chi connectivity index (χ0n) is 11.0. The first-order chi connectivity index (χ1) is 8.04. The summed E-state index contributed by atoms with van der Waals surface area (Å²) in [6, 6.07) is 0.102. The molecule has 0 saturated carbocycles. The zero-order chi connectivity index (χ0) is 12.8. The van der Waals surface area contributed by atoms with Gasteiger partial charge in [-0.3, -0.25) is 4.79 Å². The van der Waals surface area contributed by atoms with E-state index in [0.29, 0.717) is 13.0 Å². The summed E-state index contributed by atoms with van der Waals surface area (Å²) < 4.78 is 4.99. The highest BCUT2D eigenvalue weighted by molar-refractivity contribution is 5.70. The Morgan fingerprint density at radius 3 is 2.94 bits per heavy atom. The number of rotatable bonds is 4. The number of piperazine rings is 1. The topological polar surface area (TPSA) is 41.6 Å². The molecule has 0 aromatic rings. The summed E-state index contributed by atoms with van der Waals surface area (Å²) in [6.45, 7) is 11.9. The third-order valence-corrected chi connectivity index (χ3v) is 2.57. The Kier molecular flexibility index (Phi) is 5.22. The van der Waals surface area contributed by atoms with Crippen LogP contribution in [-0.2, 0) is 9.53 Å². The van der Waals surface area contributed by atoms with Crippen LogP contribution in [0, 0.1) is 0 Å². The van der Waals surface area contributed by atoms with E-state index in [4.69, 9.17) is 4.74 Å². The van der Waals surface area contributed by atoms with Crippen molar-refractivity contribution < 1.29 is 9.53 Å². The predicted molar refractivity (Wildman–Crippen MR) is 68.3 cm³/mol. The minimum absolute atomic E-state index is 0.102. The van der Waals surface area contributed by atoms with E-state index in [9.17, 15) is 4.79 Å². The van der Waals surface area contributed by atoms with Gasteiger partial charge in [0.2, 0.25) is 0 Å². The first kappa shape index (κ1) is 13.8. The van der Waals surface area contributed by atoms with E-state index in [1.807, 2.05) is 27.0 Å². The molecule has 1 fully saturated rings. The molecule has 1 heterocycles. The van der Waals surface area contributed by atoms with Gasteiger partial charge in [0.1, 0.15) is 0 Å². The predicted octanol–water partition coefficient (Wildman–Crippen LogP) is 1.65. The van der Waals surface area contributed by atoms with Crippen molar-refractivity contribution in [3.8, 4) is 0 Å². The Labute approximate surface area is 103 Å². The van der Waals surface area contributed by atoms with Crippen molar-refractivity contribution in [3.05, 3.63) is 24.0 Å². The van der Waals surface area contributed by atoms with Crippen molar-refractivity contribution in [1.29, 1.82) is 0 Å². The molecular formula is C13H22N2O2. The van der Waals surface area contributed by atoms with E-state index in [2.05, 4.69) is 16.8 Å². The van der Waals surface area contributed by atoms with Gasteiger partial charge in [-0.1, -0.05) is 12.2 Å². The van der Waals surface area contributed by atoms with Gasteiger partial charge < -0.3 is 15.0 Å². The van der Waals surface area contributed by atoms with Crippen LogP contribution in [0.1, 0.15) is 27.2 Å². The third-order valence-electron chi connectivity index (χ3n) is 2.57. The molecule has 0 aromatic carbocycles. The zero-order valence-corrected chi connectivity index (χ0v) is 11.0. The van der Waals surface area contributed by atoms with Crippen LogP contribution in [-0.4, -0.2) is 36.6 Å². The third kappa shape index (κ3) is 4.23. The van der Waals surface area contributed by atoms with E-state index < -0.39 is 0 Å². The van der Waals surface area contributed by atoms with Crippen LogP contribution >= 0.6 is 0 Å². The maximum absolute atomic E-state index is 11.5. The van der Waals surface area contributed by atoms with Gasteiger partial charge in [-0.15, -0.1) is 0 Å². The molecule has 1 aliphatic heterocycles. The molecule has 1 atom stereocenters. The molecule has 1 aliphatic rings. The number of carbonyl (C=O) groups is 1. The van der Waals surface area contributed by atoms with E-state index in [0.717, 1.165) is 18.8 Å². The van der Waals surface area contributed by atoms with Crippen molar-refractivity contribution in [2.45, 2.75) is 33.2 Å². The monoisotopic (exact) mass is 238 g/mol. The van der Waals surface area contributed by atoms with Crippen molar-refractivity contribution in [2.24, 2.45) is 0 Å². The summed E-state index contributed by atoms with van der Waals surface area (Å²) in [5.74, 6) is -0.152. The van der Waals surface area contributed by atoms with Crippen LogP contribution in [0.15, 0.2) is 24.0 Å². The van der Waals surface area contributed by atoms with E-state index >= 15 is 0 Å². The molecule has 0 amide bonds. The number of hydrogen-bond acceptors (Lipinski definition) is 4. The summed E-state index contributed by atoms with van der Waals surface area (Å²) in [7, 11) is 0. The highest BCUT2D eigenvalue weighted by atomic mass is 16.5. The van der Waals surface area contributed by atoms with E-state index in [1.54, 1.807) is 0 Å². The molecule has 0 spiro atoms. The van der Waals surface area contributed by atoms with Crippen LogP contribution in [0.2, 0.25) is 0 Å². The molecule has 1 saturated heterocycles. The van der Waals surface area contributed by atoms with Gasteiger partial charge in [0.05, 0.1) is 19.1 Å².